The molecule has 84 valence electrons. The van der Waals surface area contributed by atoms with Crippen molar-refractivity contribution in [1.82, 2.24) is 0 Å². The first-order valence-electron chi connectivity index (χ1n) is 5.35. The van der Waals surface area contributed by atoms with Crippen LogP contribution in [0.15, 0.2) is 23.1 Å². The van der Waals surface area contributed by atoms with E-state index in [4.69, 9.17) is 5.73 Å². The average Bonchev–Trinajstić information content (AvgIpc) is 2.24. The lowest BCUT2D eigenvalue weighted by Gasteiger charge is -2.11. The summed E-state index contributed by atoms with van der Waals surface area (Å²) >= 11 is 1.70. The molecule has 0 aliphatic carbocycles. The van der Waals surface area contributed by atoms with Gasteiger partial charge in [-0.3, -0.25) is 0 Å². The average molecular weight is 227 g/mol. The van der Waals surface area contributed by atoms with E-state index in [-0.39, 0.29) is 11.5 Å². The normalized spacial score (nSPS) is 10.9. The molecule has 0 radical (unpaired) electrons. The standard InChI is InChI=1S/C12H18FNS/c1-3-9(4-2)8-15-10-5-6-12(14)11(13)7-10/h5-7,9H,3-4,8,14H2,1-2H3. The van der Waals surface area contributed by atoms with Gasteiger partial charge in [0.1, 0.15) is 5.82 Å². The van der Waals surface area contributed by atoms with Gasteiger partial charge in [0.25, 0.3) is 0 Å². The van der Waals surface area contributed by atoms with Crippen molar-refractivity contribution in [2.45, 2.75) is 31.6 Å². The number of nitrogen functional groups attached to an aromatic ring is 1. The second-order valence-electron chi connectivity index (χ2n) is 3.68. The van der Waals surface area contributed by atoms with E-state index in [0.29, 0.717) is 0 Å². The van der Waals surface area contributed by atoms with E-state index in [1.807, 2.05) is 6.07 Å². The Bertz CT molecular complexity index is 310. The number of hydrogen-bond acceptors (Lipinski definition) is 2. The van der Waals surface area contributed by atoms with Crippen molar-refractivity contribution in [3.05, 3.63) is 24.0 Å². The van der Waals surface area contributed by atoms with Crippen LogP contribution in [0.3, 0.4) is 0 Å². The lowest BCUT2D eigenvalue weighted by molar-refractivity contribution is 0.553. The first kappa shape index (κ1) is 12.4. The molecule has 0 spiro atoms. The molecule has 1 rings (SSSR count). The van der Waals surface area contributed by atoms with Gasteiger partial charge in [0, 0.05) is 10.6 Å². The molecule has 15 heavy (non-hydrogen) atoms. The molecule has 1 nitrogen and oxygen atoms in total. The third-order valence-corrected chi connectivity index (χ3v) is 3.84. The quantitative estimate of drug-likeness (QED) is 0.609. The molecule has 0 unspecified atom stereocenters. The number of halogens is 1. The maximum atomic E-state index is 13.1. The second kappa shape index (κ2) is 6.01. The minimum atomic E-state index is -0.315. The van der Waals surface area contributed by atoms with E-state index >= 15 is 0 Å². The summed E-state index contributed by atoms with van der Waals surface area (Å²) in [5.41, 5.74) is 5.64. The molecule has 1 aromatic rings. The predicted octanol–water partition coefficient (Wildman–Crippen LogP) is 3.94. The van der Waals surface area contributed by atoms with Crippen LogP contribution in [0.25, 0.3) is 0 Å². The Labute approximate surface area is 95.2 Å². The zero-order valence-corrected chi connectivity index (χ0v) is 10.1. The van der Waals surface area contributed by atoms with Crippen LogP contribution in [0, 0.1) is 11.7 Å². The van der Waals surface area contributed by atoms with Gasteiger partial charge < -0.3 is 5.73 Å². The molecule has 0 bridgehead atoms. The lowest BCUT2D eigenvalue weighted by atomic mass is 10.1. The van der Waals surface area contributed by atoms with Crippen molar-refractivity contribution in [3.63, 3.8) is 0 Å². The minimum Gasteiger partial charge on any atom is -0.396 e. The zero-order chi connectivity index (χ0) is 11.3. The van der Waals surface area contributed by atoms with Crippen LogP contribution < -0.4 is 5.73 Å². The molecule has 0 saturated carbocycles. The van der Waals surface area contributed by atoms with Crippen molar-refractivity contribution >= 4 is 17.4 Å². The van der Waals surface area contributed by atoms with Gasteiger partial charge in [-0.1, -0.05) is 26.7 Å². The maximum Gasteiger partial charge on any atom is 0.147 e. The van der Waals surface area contributed by atoms with E-state index in [1.54, 1.807) is 17.8 Å². The molecule has 0 aliphatic heterocycles. The molecule has 2 N–H and O–H groups in total. The fraction of sp³-hybridized carbons (Fsp3) is 0.500. The summed E-state index contributed by atoms with van der Waals surface area (Å²) in [6.45, 7) is 4.39. The third kappa shape index (κ3) is 3.74. The van der Waals surface area contributed by atoms with Crippen LogP contribution >= 0.6 is 11.8 Å². The molecular formula is C12H18FNS. The van der Waals surface area contributed by atoms with E-state index in [1.165, 1.54) is 18.9 Å². The summed E-state index contributed by atoms with van der Waals surface area (Å²) in [6, 6.07) is 5.03. The summed E-state index contributed by atoms with van der Waals surface area (Å²) < 4.78 is 13.1. The Morgan fingerprint density at radius 3 is 2.53 bits per heavy atom. The summed E-state index contributed by atoms with van der Waals surface area (Å²) in [4.78, 5) is 0.966. The maximum absolute atomic E-state index is 13.1. The van der Waals surface area contributed by atoms with Gasteiger partial charge in [-0.2, -0.15) is 0 Å². The van der Waals surface area contributed by atoms with Gasteiger partial charge in [0.05, 0.1) is 5.69 Å². The molecule has 0 fully saturated rings. The number of rotatable bonds is 5. The van der Waals surface area contributed by atoms with Gasteiger partial charge in [-0.05, 0) is 24.1 Å². The molecule has 0 amide bonds. The Kier molecular flexibility index (Phi) is 4.95. The first-order valence-corrected chi connectivity index (χ1v) is 6.33. The Morgan fingerprint density at radius 2 is 2.00 bits per heavy atom. The summed E-state index contributed by atoms with van der Waals surface area (Å²) in [7, 11) is 0. The molecule has 0 saturated heterocycles. The molecule has 0 aromatic heterocycles. The van der Waals surface area contributed by atoms with Crippen molar-refractivity contribution in [3.8, 4) is 0 Å². The molecular weight excluding hydrogens is 209 g/mol. The topological polar surface area (TPSA) is 26.0 Å². The number of hydrogen-bond donors (Lipinski definition) is 1. The second-order valence-corrected chi connectivity index (χ2v) is 4.77. The molecule has 1 aromatic carbocycles. The van der Waals surface area contributed by atoms with Gasteiger partial charge in [0.2, 0.25) is 0 Å². The highest BCUT2D eigenvalue weighted by Crippen LogP contribution is 2.25. The van der Waals surface area contributed by atoms with E-state index in [2.05, 4.69) is 13.8 Å². The van der Waals surface area contributed by atoms with Gasteiger partial charge >= 0.3 is 0 Å². The first-order chi connectivity index (χ1) is 7.17. The molecule has 0 aliphatic rings. The van der Waals surface area contributed by atoms with E-state index < -0.39 is 0 Å². The van der Waals surface area contributed by atoms with Gasteiger partial charge in [-0.25, -0.2) is 4.39 Å². The van der Waals surface area contributed by atoms with Crippen molar-refractivity contribution in [2.75, 3.05) is 11.5 Å². The Morgan fingerprint density at radius 1 is 1.33 bits per heavy atom. The number of benzene rings is 1. The highest BCUT2D eigenvalue weighted by atomic mass is 32.2. The fourth-order valence-corrected chi connectivity index (χ4v) is 2.59. The van der Waals surface area contributed by atoms with Crippen molar-refractivity contribution < 1.29 is 4.39 Å². The van der Waals surface area contributed by atoms with E-state index in [0.717, 1.165) is 16.6 Å². The predicted molar refractivity (Wildman–Crippen MR) is 65.6 cm³/mol. The smallest absolute Gasteiger partial charge is 0.147 e. The molecule has 3 heteroatoms. The fourth-order valence-electron chi connectivity index (χ4n) is 1.34. The van der Waals surface area contributed by atoms with Crippen LogP contribution in [0.1, 0.15) is 26.7 Å². The number of thioether (sulfide) groups is 1. The van der Waals surface area contributed by atoms with Gasteiger partial charge in [-0.15, -0.1) is 11.8 Å². The van der Waals surface area contributed by atoms with Crippen LogP contribution in [-0.2, 0) is 0 Å². The summed E-state index contributed by atoms with van der Waals surface area (Å²) in [6.07, 6.45) is 2.36. The van der Waals surface area contributed by atoms with Crippen LogP contribution in [0.4, 0.5) is 10.1 Å². The monoisotopic (exact) mass is 227 g/mol. The molecule has 0 heterocycles. The minimum absolute atomic E-state index is 0.224. The molecule has 0 atom stereocenters. The summed E-state index contributed by atoms with van der Waals surface area (Å²) in [5, 5.41) is 0. The Hall–Kier alpha value is -0.700. The zero-order valence-electron chi connectivity index (χ0n) is 9.29. The van der Waals surface area contributed by atoms with Gasteiger partial charge in [0.15, 0.2) is 0 Å². The largest absolute Gasteiger partial charge is 0.396 e. The van der Waals surface area contributed by atoms with Crippen molar-refractivity contribution in [2.24, 2.45) is 5.92 Å². The summed E-state index contributed by atoms with van der Waals surface area (Å²) in [5.74, 6) is 1.45. The third-order valence-electron chi connectivity index (χ3n) is 2.61. The van der Waals surface area contributed by atoms with E-state index in [9.17, 15) is 4.39 Å². The number of nitrogens with two attached hydrogens (primary N) is 1. The SMILES string of the molecule is CCC(CC)CSc1ccc(N)c(F)c1. The number of anilines is 1. The van der Waals surface area contributed by atoms with Crippen LogP contribution in [-0.4, -0.2) is 5.75 Å². The Balaban J connectivity index is 2.54. The van der Waals surface area contributed by atoms with Crippen LogP contribution in [0.5, 0.6) is 0 Å². The lowest BCUT2D eigenvalue weighted by Crippen LogP contribution is -2.00. The highest BCUT2D eigenvalue weighted by Gasteiger charge is 2.05. The highest BCUT2D eigenvalue weighted by molar-refractivity contribution is 7.99. The van der Waals surface area contributed by atoms with Crippen molar-refractivity contribution in [1.29, 1.82) is 0 Å². The van der Waals surface area contributed by atoms with Crippen LogP contribution in [0.2, 0.25) is 0 Å².